The second kappa shape index (κ2) is 6.45. The molecule has 0 bridgehead atoms. The largest absolute Gasteiger partial charge is 0.495 e. The fourth-order valence-electron chi connectivity index (χ4n) is 2.58. The molecule has 3 aromatic rings. The van der Waals surface area contributed by atoms with E-state index in [0.29, 0.717) is 12.3 Å². The van der Waals surface area contributed by atoms with E-state index < -0.39 is 0 Å². The number of pyridine rings is 1. The maximum Gasteiger partial charge on any atom is 0.248 e. The van der Waals surface area contributed by atoms with Crippen LogP contribution in [0.2, 0.25) is 0 Å². The predicted molar refractivity (Wildman–Crippen MR) is 88.1 cm³/mol. The van der Waals surface area contributed by atoms with Crippen LogP contribution in [0.3, 0.4) is 0 Å². The maximum atomic E-state index is 11.9. The van der Waals surface area contributed by atoms with E-state index in [2.05, 4.69) is 22.4 Å². The summed E-state index contributed by atoms with van der Waals surface area (Å²) in [7, 11) is 1.60. The number of aromatic nitrogens is 1. The summed E-state index contributed by atoms with van der Waals surface area (Å²) in [6.07, 6.45) is 0. The highest BCUT2D eigenvalue weighted by Gasteiger charge is 2.07. The Morgan fingerprint density at radius 2 is 1.86 bits per heavy atom. The third-order valence-corrected chi connectivity index (χ3v) is 3.63. The molecule has 3 rings (SSSR count). The van der Waals surface area contributed by atoms with Gasteiger partial charge in [-0.25, -0.2) is 0 Å². The third kappa shape index (κ3) is 3.02. The number of nitrogens with one attached hydrogen (secondary N) is 2. The van der Waals surface area contributed by atoms with Crippen molar-refractivity contribution in [3.05, 3.63) is 76.1 Å². The van der Waals surface area contributed by atoms with Gasteiger partial charge in [0.15, 0.2) is 0 Å². The van der Waals surface area contributed by atoms with Crippen molar-refractivity contribution in [3.63, 3.8) is 0 Å². The third-order valence-electron chi connectivity index (χ3n) is 3.63. The first-order chi connectivity index (χ1) is 10.8. The summed E-state index contributed by atoms with van der Waals surface area (Å²) in [5.41, 5.74) is 2.81. The minimum absolute atomic E-state index is 0.117. The summed E-state index contributed by atoms with van der Waals surface area (Å²) >= 11 is 0. The lowest BCUT2D eigenvalue weighted by atomic mass is 10.1. The van der Waals surface area contributed by atoms with E-state index in [-0.39, 0.29) is 5.56 Å². The molecule has 0 spiro atoms. The monoisotopic (exact) mass is 294 g/mol. The highest BCUT2D eigenvalue weighted by molar-refractivity contribution is 5.87. The lowest BCUT2D eigenvalue weighted by Crippen LogP contribution is -2.16. The quantitative estimate of drug-likeness (QED) is 0.761. The number of methoxy groups -OCH3 is 1. The number of para-hydroxylation sites is 1. The molecule has 0 unspecified atom stereocenters. The average Bonchev–Trinajstić information content (AvgIpc) is 2.55. The molecule has 2 aromatic carbocycles. The van der Waals surface area contributed by atoms with Gasteiger partial charge in [0.05, 0.1) is 12.6 Å². The van der Waals surface area contributed by atoms with Gasteiger partial charge in [0.2, 0.25) is 5.56 Å². The molecule has 0 radical (unpaired) electrons. The van der Waals surface area contributed by atoms with Gasteiger partial charge in [0, 0.05) is 24.5 Å². The van der Waals surface area contributed by atoms with Crippen LogP contribution in [0.15, 0.2) is 59.4 Å². The number of H-pyrrole nitrogens is 1. The van der Waals surface area contributed by atoms with Gasteiger partial charge >= 0.3 is 0 Å². The van der Waals surface area contributed by atoms with Crippen LogP contribution in [-0.2, 0) is 13.1 Å². The molecule has 1 heterocycles. The number of fused-ring (bicyclic) bond motifs is 1. The Morgan fingerprint density at radius 3 is 2.64 bits per heavy atom. The van der Waals surface area contributed by atoms with Crippen molar-refractivity contribution in [1.82, 2.24) is 10.3 Å². The van der Waals surface area contributed by atoms with E-state index >= 15 is 0 Å². The summed E-state index contributed by atoms with van der Waals surface area (Å²) in [5, 5.41) is 4.38. The molecule has 0 atom stereocenters. The van der Waals surface area contributed by atoms with Gasteiger partial charge in [-0.15, -0.1) is 0 Å². The molecule has 0 aliphatic carbocycles. The van der Waals surface area contributed by atoms with Crippen LogP contribution in [0, 0.1) is 0 Å². The van der Waals surface area contributed by atoms with E-state index in [0.717, 1.165) is 23.0 Å². The number of benzene rings is 2. The number of ether oxygens (including phenoxy) is 1. The Kier molecular flexibility index (Phi) is 4.21. The molecule has 0 fully saturated rings. The zero-order chi connectivity index (χ0) is 15.4. The second-order valence-corrected chi connectivity index (χ2v) is 5.13. The molecular weight excluding hydrogens is 276 g/mol. The van der Waals surface area contributed by atoms with Crippen molar-refractivity contribution in [1.29, 1.82) is 0 Å². The molecule has 0 saturated heterocycles. The molecule has 112 valence electrons. The number of aromatic amines is 1. The van der Waals surface area contributed by atoms with Crippen LogP contribution in [0.5, 0.6) is 5.75 Å². The summed E-state index contributed by atoms with van der Waals surface area (Å²) < 4.78 is 5.32. The summed E-state index contributed by atoms with van der Waals surface area (Å²) in [6.45, 7) is 1.39. The second-order valence-electron chi connectivity index (χ2n) is 5.13. The van der Waals surface area contributed by atoms with Gasteiger partial charge in [-0.1, -0.05) is 42.5 Å². The SMILES string of the molecule is COc1cccc2c(CNCc3ccccc3)cc(=O)[nH]c12. The fraction of sp³-hybridized carbons (Fsp3) is 0.167. The van der Waals surface area contributed by atoms with Gasteiger partial charge < -0.3 is 15.0 Å². The normalized spacial score (nSPS) is 10.8. The van der Waals surface area contributed by atoms with Crippen molar-refractivity contribution in [2.24, 2.45) is 0 Å². The fourth-order valence-corrected chi connectivity index (χ4v) is 2.58. The first-order valence-corrected chi connectivity index (χ1v) is 7.21. The molecular formula is C18H18N2O2. The van der Waals surface area contributed by atoms with Crippen LogP contribution in [0.4, 0.5) is 0 Å². The van der Waals surface area contributed by atoms with E-state index in [4.69, 9.17) is 4.74 Å². The Hall–Kier alpha value is -2.59. The highest BCUT2D eigenvalue weighted by Crippen LogP contribution is 2.24. The first kappa shape index (κ1) is 14.4. The van der Waals surface area contributed by atoms with Crippen LogP contribution in [0.25, 0.3) is 10.9 Å². The van der Waals surface area contributed by atoms with Crippen molar-refractivity contribution in [3.8, 4) is 5.75 Å². The zero-order valence-corrected chi connectivity index (χ0v) is 12.4. The van der Waals surface area contributed by atoms with E-state index in [1.54, 1.807) is 13.2 Å². The highest BCUT2D eigenvalue weighted by atomic mass is 16.5. The predicted octanol–water partition coefficient (Wildman–Crippen LogP) is 2.83. The van der Waals surface area contributed by atoms with Crippen LogP contribution >= 0.6 is 0 Å². The average molecular weight is 294 g/mol. The lowest BCUT2D eigenvalue weighted by Gasteiger charge is -2.10. The Bertz CT molecular complexity index is 825. The summed E-state index contributed by atoms with van der Waals surface area (Å²) in [6, 6.07) is 17.6. The van der Waals surface area contributed by atoms with Gasteiger partial charge in [0.25, 0.3) is 0 Å². The van der Waals surface area contributed by atoms with E-state index in [1.165, 1.54) is 5.56 Å². The standard InChI is InChI=1S/C18H18N2O2/c1-22-16-9-5-8-15-14(10-17(21)20-18(15)16)12-19-11-13-6-3-2-4-7-13/h2-10,19H,11-12H2,1H3,(H,20,21). The molecule has 4 nitrogen and oxygen atoms in total. The van der Waals surface area contributed by atoms with Gasteiger partial charge in [0.1, 0.15) is 5.75 Å². The Balaban J connectivity index is 1.86. The summed E-state index contributed by atoms with van der Waals surface area (Å²) in [4.78, 5) is 14.7. The Labute approximate surface area is 128 Å². The van der Waals surface area contributed by atoms with Crippen molar-refractivity contribution >= 4 is 10.9 Å². The molecule has 4 heteroatoms. The number of rotatable bonds is 5. The first-order valence-electron chi connectivity index (χ1n) is 7.21. The molecule has 0 aliphatic rings. The van der Waals surface area contributed by atoms with E-state index in [1.807, 2.05) is 36.4 Å². The minimum Gasteiger partial charge on any atom is -0.495 e. The van der Waals surface area contributed by atoms with Crippen molar-refractivity contribution in [2.45, 2.75) is 13.1 Å². The topological polar surface area (TPSA) is 54.1 Å². The molecule has 0 amide bonds. The minimum atomic E-state index is -0.117. The van der Waals surface area contributed by atoms with Gasteiger partial charge in [-0.3, -0.25) is 4.79 Å². The Morgan fingerprint density at radius 1 is 1.05 bits per heavy atom. The van der Waals surface area contributed by atoms with Crippen LogP contribution in [-0.4, -0.2) is 12.1 Å². The molecule has 0 saturated carbocycles. The number of hydrogen-bond donors (Lipinski definition) is 2. The van der Waals surface area contributed by atoms with Gasteiger partial charge in [-0.05, 0) is 17.2 Å². The van der Waals surface area contributed by atoms with Crippen molar-refractivity contribution < 1.29 is 4.74 Å². The van der Waals surface area contributed by atoms with Crippen molar-refractivity contribution in [2.75, 3.05) is 7.11 Å². The number of hydrogen-bond acceptors (Lipinski definition) is 3. The zero-order valence-electron chi connectivity index (χ0n) is 12.4. The van der Waals surface area contributed by atoms with Crippen LogP contribution < -0.4 is 15.6 Å². The van der Waals surface area contributed by atoms with E-state index in [9.17, 15) is 4.79 Å². The smallest absolute Gasteiger partial charge is 0.248 e. The lowest BCUT2D eigenvalue weighted by molar-refractivity contribution is 0.419. The molecule has 2 N–H and O–H groups in total. The van der Waals surface area contributed by atoms with Gasteiger partial charge in [-0.2, -0.15) is 0 Å². The molecule has 22 heavy (non-hydrogen) atoms. The maximum absolute atomic E-state index is 11.9. The van der Waals surface area contributed by atoms with Crippen LogP contribution in [0.1, 0.15) is 11.1 Å². The molecule has 1 aromatic heterocycles. The molecule has 0 aliphatic heterocycles. The summed E-state index contributed by atoms with van der Waals surface area (Å²) in [5.74, 6) is 0.680.